The first kappa shape index (κ1) is 19.4. The molecule has 2 aliphatic heterocycles. The van der Waals surface area contributed by atoms with Crippen LogP contribution in [-0.4, -0.2) is 58.8 Å². The van der Waals surface area contributed by atoms with Gasteiger partial charge in [0.2, 0.25) is 11.8 Å². The van der Waals surface area contributed by atoms with E-state index >= 15 is 0 Å². The molecule has 0 N–H and O–H groups in total. The predicted octanol–water partition coefficient (Wildman–Crippen LogP) is 2.62. The van der Waals surface area contributed by atoms with Crippen molar-refractivity contribution in [2.45, 2.75) is 38.8 Å². The van der Waals surface area contributed by atoms with Crippen LogP contribution in [0.1, 0.15) is 30.4 Å². The molecule has 1 unspecified atom stereocenters. The lowest BCUT2D eigenvalue weighted by atomic mass is 10.1. The Hall–Kier alpha value is -2.89. The molecule has 2 saturated heterocycles. The molecule has 1 atom stereocenters. The van der Waals surface area contributed by atoms with Crippen LogP contribution in [0.2, 0.25) is 0 Å². The van der Waals surface area contributed by atoms with Gasteiger partial charge in [-0.1, -0.05) is 35.9 Å². The predicted molar refractivity (Wildman–Crippen MR) is 112 cm³/mol. The normalized spacial score (nSPS) is 20.1. The van der Waals surface area contributed by atoms with Gasteiger partial charge in [0.15, 0.2) is 0 Å². The number of hydrogen-bond donors (Lipinski definition) is 0. The maximum atomic E-state index is 13.3. The van der Waals surface area contributed by atoms with Crippen LogP contribution in [-0.2, 0) is 16.1 Å². The third kappa shape index (κ3) is 4.42. The molecule has 0 radical (unpaired) electrons. The fourth-order valence-corrected chi connectivity index (χ4v) is 4.20. The Bertz CT molecular complexity index is 853. The summed E-state index contributed by atoms with van der Waals surface area (Å²) in [7, 11) is 0. The smallest absolute Gasteiger partial charge is 0.245 e. The van der Waals surface area contributed by atoms with Crippen LogP contribution in [0.5, 0.6) is 0 Å². The second-order valence-electron chi connectivity index (χ2n) is 7.92. The van der Waals surface area contributed by atoms with Gasteiger partial charge in [0.25, 0.3) is 0 Å². The fraction of sp³-hybridized carbons (Fsp3) is 0.435. The van der Waals surface area contributed by atoms with Gasteiger partial charge < -0.3 is 14.7 Å². The van der Waals surface area contributed by atoms with E-state index in [4.69, 9.17) is 0 Å². The zero-order valence-corrected chi connectivity index (χ0v) is 17.0. The molecule has 2 fully saturated rings. The van der Waals surface area contributed by atoms with Crippen LogP contribution in [0.3, 0.4) is 0 Å². The second-order valence-corrected chi connectivity index (χ2v) is 7.92. The molecule has 6 heteroatoms. The Morgan fingerprint density at radius 2 is 1.90 bits per heavy atom. The Morgan fingerprint density at radius 1 is 1.07 bits per heavy atom. The maximum absolute atomic E-state index is 13.3. The third-order valence-electron chi connectivity index (χ3n) is 5.87. The first-order chi connectivity index (χ1) is 14.1. The zero-order valence-electron chi connectivity index (χ0n) is 17.0. The van der Waals surface area contributed by atoms with Crippen LogP contribution in [0.4, 0.5) is 5.82 Å². The average molecular weight is 393 g/mol. The number of nitrogens with zero attached hydrogens (tertiary/aromatic N) is 4. The van der Waals surface area contributed by atoms with Gasteiger partial charge in [-0.25, -0.2) is 4.98 Å². The van der Waals surface area contributed by atoms with E-state index in [0.29, 0.717) is 25.9 Å². The molecular formula is C23H28N4O2. The Labute approximate surface area is 172 Å². The molecule has 0 spiro atoms. The van der Waals surface area contributed by atoms with Crippen molar-refractivity contribution in [2.24, 2.45) is 0 Å². The molecular weight excluding hydrogens is 364 g/mol. The van der Waals surface area contributed by atoms with Crippen molar-refractivity contribution in [1.82, 2.24) is 14.8 Å². The van der Waals surface area contributed by atoms with E-state index in [0.717, 1.165) is 37.4 Å². The Morgan fingerprint density at radius 3 is 2.66 bits per heavy atom. The summed E-state index contributed by atoms with van der Waals surface area (Å²) in [6, 6.07) is 13.8. The topological polar surface area (TPSA) is 56.8 Å². The van der Waals surface area contributed by atoms with Gasteiger partial charge in [0.1, 0.15) is 11.9 Å². The van der Waals surface area contributed by atoms with Gasteiger partial charge in [-0.15, -0.1) is 0 Å². The summed E-state index contributed by atoms with van der Waals surface area (Å²) in [4.78, 5) is 36.2. The van der Waals surface area contributed by atoms with Gasteiger partial charge in [-0.2, -0.15) is 0 Å². The van der Waals surface area contributed by atoms with Gasteiger partial charge in [-0.05, 0) is 37.5 Å². The highest BCUT2D eigenvalue weighted by atomic mass is 16.2. The number of carbonyl (C=O) groups excluding carboxylic acids is 2. The van der Waals surface area contributed by atoms with Crippen LogP contribution in [0.25, 0.3) is 0 Å². The number of anilines is 1. The van der Waals surface area contributed by atoms with Gasteiger partial charge in [0.05, 0.1) is 0 Å². The van der Waals surface area contributed by atoms with E-state index in [-0.39, 0.29) is 17.9 Å². The number of aryl methyl sites for hydroxylation is 1. The highest BCUT2D eigenvalue weighted by Crippen LogP contribution is 2.24. The fourth-order valence-electron chi connectivity index (χ4n) is 4.20. The molecule has 6 nitrogen and oxygen atoms in total. The number of amides is 2. The molecule has 3 heterocycles. The van der Waals surface area contributed by atoms with E-state index in [1.807, 2.05) is 54.3 Å². The Balaban J connectivity index is 1.42. The van der Waals surface area contributed by atoms with Crippen molar-refractivity contribution < 1.29 is 9.59 Å². The monoisotopic (exact) mass is 392 g/mol. The van der Waals surface area contributed by atoms with Crippen molar-refractivity contribution in [3.8, 4) is 0 Å². The maximum Gasteiger partial charge on any atom is 0.245 e. The number of hydrogen-bond acceptors (Lipinski definition) is 4. The van der Waals surface area contributed by atoms with E-state index in [1.165, 1.54) is 5.56 Å². The first-order valence-electron chi connectivity index (χ1n) is 10.4. The molecule has 1 aromatic carbocycles. The zero-order chi connectivity index (χ0) is 20.2. The van der Waals surface area contributed by atoms with E-state index in [1.54, 1.807) is 11.1 Å². The lowest BCUT2D eigenvalue weighted by molar-refractivity contribution is -0.141. The van der Waals surface area contributed by atoms with Crippen LogP contribution in [0.15, 0.2) is 48.7 Å². The summed E-state index contributed by atoms with van der Waals surface area (Å²) in [5.74, 6) is 1.12. The summed E-state index contributed by atoms with van der Waals surface area (Å²) < 4.78 is 0. The molecule has 4 rings (SSSR count). The average Bonchev–Trinajstić information content (AvgIpc) is 2.95. The van der Waals surface area contributed by atoms with Gasteiger partial charge in [-0.3, -0.25) is 9.59 Å². The minimum Gasteiger partial charge on any atom is -0.355 e. The van der Waals surface area contributed by atoms with Crippen molar-refractivity contribution in [1.29, 1.82) is 0 Å². The van der Waals surface area contributed by atoms with Crippen LogP contribution in [0, 0.1) is 6.92 Å². The van der Waals surface area contributed by atoms with Crippen molar-refractivity contribution in [3.63, 3.8) is 0 Å². The minimum atomic E-state index is -0.342. The molecule has 0 aliphatic carbocycles. The van der Waals surface area contributed by atoms with Crippen molar-refractivity contribution >= 4 is 17.6 Å². The summed E-state index contributed by atoms with van der Waals surface area (Å²) in [6.07, 6.45) is 3.78. The number of carbonyl (C=O) groups is 2. The number of benzene rings is 1. The number of aromatic nitrogens is 1. The molecule has 2 amide bonds. The largest absolute Gasteiger partial charge is 0.355 e. The van der Waals surface area contributed by atoms with Gasteiger partial charge >= 0.3 is 0 Å². The minimum absolute atomic E-state index is 0.0776. The third-order valence-corrected chi connectivity index (χ3v) is 5.87. The summed E-state index contributed by atoms with van der Waals surface area (Å²) in [5.41, 5.74) is 2.26. The number of pyridine rings is 1. The molecule has 29 heavy (non-hydrogen) atoms. The van der Waals surface area contributed by atoms with Crippen LogP contribution >= 0.6 is 0 Å². The lowest BCUT2D eigenvalue weighted by Crippen LogP contribution is -2.47. The van der Waals surface area contributed by atoms with Crippen molar-refractivity contribution in [2.75, 3.05) is 31.1 Å². The molecule has 152 valence electrons. The molecule has 2 aromatic rings. The quantitative estimate of drug-likeness (QED) is 0.803. The SMILES string of the molecule is Cc1ccc(CN2C(=O)CCC2C(=O)N2CCCN(c3ccccn3)CC2)cc1. The first-order valence-corrected chi connectivity index (χ1v) is 10.4. The van der Waals surface area contributed by atoms with E-state index in [2.05, 4.69) is 9.88 Å². The summed E-state index contributed by atoms with van der Waals surface area (Å²) in [5, 5.41) is 0. The Kier molecular flexibility index (Phi) is 5.79. The summed E-state index contributed by atoms with van der Waals surface area (Å²) >= 11 is 0. The molecule has 2 aliphatic rings. The summed E-state index contributed by atoms with van der Waals surface area (Å²) in [6.45, 7) is 5.59. The molecule has 0 saturated carbocycles. The lowest BCUT2D eigenvalue weighted by Gasteiger charge is -2.30. The van der Waals surface area contributed by atoms with E-state index < -0.39 is 0 Å². The molecule has 1 aromatic heterocycles. The van der Waals surface area contributed by atoms with Crippen LogP contribution < -0.4 is 4.90 Å². The number of likely N-dealkylation sites (tertiary alicyclic amines) is 1. The van der Waals surface area contributed by atoms with Crippen molar-refractivity contribution in [3.05, 3.63) is 59.8 Å². The van der Waals surface area contributed by atoms with E-state index in [9.17, 15) is 9.59 Å². The second kappa shape index (κ2) is 8.64. The standard InChI is InChI=1S/C23H28N4O2/c1-18-6-8-19(9-7-18)17-27-20(10-11-22(27)28)23(29)26-14-4-13-25(15-16-26)21-5-2-3-12-24-21/h2-3,5-9,12,20H,4,10-11,13-17H2,1H3. The highest BCUT2D eigenvalue weighted by molar-refractivity contribution is 5.91. The molecule has 0 bridgehead atoms. The highest BCUT2D eigenvalue weighted by Gasteiger charge is 2.38. The number of rotatable bonds is 4. The van der Waals surface area contributed by atoms with Gasteiger partial charge in [0, 0.05) is 45.3 Å².